The molecule has 3 heteroatoms. The lowest BCUT2D eigenvalue weighted by molar-refractivity contribution is 0.309. The Morgan fingerprint density at radius 1 is 1.14 bits per heavy atom. The van der Waals surface area contributed by atoms with Crippen LogP contribution in [0.3, 0.4) is 0 Å². The van der Waals surface area contributed by atoms with Crippen LogP contribution in [0.25, 0.3) is 0 Å². The summed E-state index contributed by atoms with van der Waals surface area (Å²) >= 11 is 5.53. The molecule has 1 aromatic rings. The summed E-state index contributed by atoms with van der Waals surface area (Å²) in [5.74, 6) is 0.705. The fourth-order valence-corrected chi connectivity index (χ4v) is 3.36. The van der Waals surface area contributed by atoms with Gasteiger partial charge in [-0.15, -0.1) is 0 Å². The Bertz CT molecular complexity index is 490. The predicted octanol–water partition coefficient (Wildman–Crippen LogP) is 4.85. The molecule has 0 unspecified atom stereocenters. The average Bonchev–Trinajstić information content (AvgIpc) is 2.41. The van der Waals surface area contributed by atoms with Gasteiger partial charge in [0.05, 0.1) is 0 Å². The van der Waals surface area contributed by atoms with Gasteiger partial charge in [-0.25, -0.2) is 0 Å². The van der Waals surface area contributed by atoms with Crippen molar-refractivity contribution in [1.29, 1.82) is 0 Å². The van der Waals surface area contributed by atoms with E-state index in [2.05, 4.69) is 62.6 Å². The molecule has 2 nitrogen and oxygen atoms in total. The monoisotopic (exact) mass is 304 g/mol. The molecule has 1 fully saturated rings. The minimum Gasteiger partial charge on any atom is -0.359 e. The first kappa shape index (κ1) is 16.3. The number of rotatable bonds is 2. The highest BCUT2D eigenvalue weighted by Gasteiger charge is 2.22. The molecule has 0 spiro atoms. The third-order valence-corrected chi connectivity index (χ3v) is 4.63. The van der Waals surface area contributed by atoms with Crippen molar-refractivity contribution in [2.45, 2.75) is 64.8 Å². The maximum atomic E-state index is 5.53. The number of benzene rings is 1. The van der Waals surface area contributed by atoms with E-state index in [0.29, 0.717) is 12.0 Å². The van der Waals surface area contributed by atoms with Crippen molar-refractivity contribution in [3.63, 3.8) is 0 Å². The molecule has 0 amide bonds. The number of hydrogen-bond acceptors (Lipinski definition) is 1. The van der Waals surface area contributed by atoms with E-state index in [1.54, 1.807) is 0 Å². The third-order valence-electron chi connectivity index (χ3n) is 4.41. The van der Waals surface area contributed by atoms with E-state index in [4.69, 9.17) is 12.2 Å². The van der Waals surface area contributed by atoms with Crippen LogP contribution in [0.4, 0.5) is 5.69 Å². The topological polar surface area (TPSA) is 24.1 Å². The van der Waals surface area contributed by atoms with E-state index < -0.39 is 0 Å². The smallest absolute Gasteiger partial charge is 0.171 e. The van der Waals surface area contributed by atoms with E-state index in [9.17, 15) is 0 Å². The fraction of sp³-hybridized carbons (Fsp3) is 0.611. The SMILES string of the molecule is C[C@H]1CCCC[C@H]1NC(=S)Nc1ccccc1C(C)(C)C. The van der Waals surface area contributed by atoms with Gasteiger partial charge in [0.2, 0.25) is 0 Å². The zero-order chi connectivity index (χ0) is 15.5. The van der Waals surface area contributed by atoms with Gasteiger partial charge in [-0.3, -0.25) is 0 Å². The van der Waals surface area contributed by atoms with Crippen molar-refractivity contribution < 1.29 is 0 Å². The van der Waals surface area contributed by atoms with Crippen molar-refractivity contribution in [1.82, 2.24) is 5.32 Å². The van der Waals surface area contributed by atoms with Crippen LogP contribution >= 0.6 is 12.2 Å². The number of anilines is 1. The maximum Gasteiger partial charge on any atom is 0.171 e. The van der Waals surface area contributed by atoms with Gasteiger partial charge in [-0.1, -0.05) is 58.7 Å². The molecule has 2 N–H and O–H groups in total. The fourth-order valence-electron chi connectivity index (χ4n) is 3.10. The van der Waals surface area contributed by atoms with Crippen LogP contribution in [0.5, 0.6) is 0 Å². The van der Waals surface area contributed by atoms with Crippen LogP contribution in [-0.4, -0.2) is 11.2 Å². The number of thiocarbonyl (C=S) groups is 1. The third kappa shape index (κ3) is 4.44. The first-order chi connectivity index (χ1) is 9.88. The van der Waals surface area contributed by atoms with Gasteiger partial charge in [0.25, 0.3) is 0 Å². The van der Waals surface area contributed by atoms with Crippen LogP contribution < -0.4 is 10.6 Å². The summed E-state index contributed by atoms with van der Waals surface area (Å²) in [4.78, 5) is 0. The lowest BCUT2D eigenvalue weighted by Gasteiger charge is -2.31. The zero-order valence-corrected chi connectivity index (χ0v) is 14.5. The van der Waals surface area contributed by atoms with Gasteiger partial charge in [-0.2, -0.15) is 0 Å². The van der Waals surface area contributed by atoms with Crippen LogP contribution in [0, 0.1) is 5.92 Å². The van der Waals surface area contributed by atoms with Crippen LogP contribution in [0.2, 0.25) is 0 Å². The van der Waals surface area contributed by atoms with E-state index in [-0.39, 0.29) is 5.41 Å². The number of nitrogens with one attached hydrogen (secondary N) is 2. The molecule has 116 valence electrons. The van der Waals surface area contributed by atoms with E-state index in [0.717, 1.165) is 10.8 Å². The molecule has 21 heavy (non-hydrogen) atoms. The van der Waals surface area contributed by atoms with Crippen LogP contribution in [-0.2, 0) is 5.41 Å². The summed E-state index contributed by atoms with van der Waals surface area (Å²) in [5, 5.41) is 7.68. The van der Waals surface area contributed by atoms with Gasteiger partial charge < -0.3 is 10.6 Å². The molecule has 0 heterocycles. The first-order valence-corrected chi connectivity index (χ1v) is 8.46. The predicted molar refractivity (Wildman–Crippen MR) is 95.9 cm³/mol. The maximum absolute atomic E-state index is 5.53. The Morgan fingerprint density at radius 2 is 1.81 bits per heavy atom. The molecule has 0 saturated heterocycles. The van der Waals surface area contributed by atoms with Gasteiger partial charge in [-0.05, 0) is 48.0 Å². The lowest BCUT2D eigenvalue weighted by atomic mass is 9.85. The Morgan fingerprint density at radius 3 is 2.48 bits per heavy atom. The van der Waals surface area contributed by atoms with Crippen molar-refractivity contribution >= 4 is 23.0 Å². The summed E-state index contributed by atoms with van der Waals surface area (Å²) in [5.41, 5.74) is 2.52. The molecule has 2 atom stereocenters. The molecule has 1 aliphatic rings. The lowest BCUT2D eigenvalue weighted by Crippen LogP contribution is -2.43. The van der Waals surface area contributed by atoms with Gasteiger partial charge >= 0.3 is 0 Å². The molecule has 2 rings (SSSR count). The van der Waals surface area contributed by atoms with Gasteiger partial charge in [0.1, 0.15) is 0 Å². The number of hydrogen-bond donors (Lipinski definition) is 2. The Labute approximate surface area is 134 Å². The quantitative estimate of drug-likeness (QED) is 0.764. The molecule has 0 aliphatic heterocycles. The summed E-state index contributed by atoms with van der Waals surface area (Å²) in [7, 11) is 0. The molecule has 0 radical (unpaired) electrons. The van der Waals surface area contributed by atoms with E-state index >= 15 is 0 Å². The molecule has 1 aliphatic carbocycles. The second kappa shape index (κ2) is 6.78. The highest BCUT2D eigenvalue weighted by atomic mass is 32.1. The Hall–Kier alpha value is -1.09. The largest absolute Gasteiger partial charge is 0.359 e. The summed E-state index contributed by atoms with van der Waals surface area (Å²) in [6.45, 7) is 9.01. The second-order valence-electron chi connectivity index (χ2n) is 7.26. The molecule has 1 saturated carbocycles. The minimum absolute atomic E-state index is 0.108. The van der Waals surface area contributed by atoms with Gasteiger partial charge in [0, 0.05) is 11.7 Å². The molecule has 1 aromatic carbocycles. The second-order valence-corrected chi connectivity index (χ2v) is 7.67. The normalized spacial score (nSPS) is 22.7. The van der Waals surface area contributed by atoms with Crippen molar-refractivity contribution in [2.75, 3.05) is 5.32 Å². The standard InChI is InChI=1S/C18H28N2S/c1-13-9-5-7-11-15(13)19-17(21)20-16-12-8-6-10-14(16)18(2,3)4/h6,8,10,12-13,15H,5,7,9,11H2,1-4H3,(H2,19,20,21)/t13-,15+/m0/s1. The highest BCUT2D eigenvalue weighted by molar-refractivity contribution is 7.80. The van der Waals surface area contributed by atoms with Crippen molar-refractivity contribution in [3.8, 4) is 0 Å². The first-order valence-electron chi connectivity index (χ1n) is 8.05. The molecular weight excluding hydrogens is 276 g/mol. The summed E-state index contributed by atoms with van der Waals surface area (Å²) < 4.78 is 0. The molecular formula is C18H28N2S. The van der Waals surface area contributed by atoms with E-state index in [1.807, 2.05) is 0 Å². The average molecular weight is 305 g/mol. The molecule has 0 bridgehead atoms. The molecule has 0 aromatic heterocycles. The zero-order valence-electron chi connectivity index (χ0n) is 13.7. The van der Waals surface area contributed by atoms with Gasteiger partial charge in [0.15, 0.2) is 5.11 Å². The summed E-state index contributed by atoms with van der Waals surface area (Å²) in [6, 6.07) is 8.95. The summed E-state index contributed by atoms with van der Waals surface area (Å²) in [6.07, 6.45) is 5.19. The van der Waals surface area contributed by atoms with Crippen LogP contribution in [0.15, 0.2) is 24.3 Å². The minimum atomic E-state index is 0.108. The number of para-hydroxylation sites is 1. The Kier molecular flexibility index (Phi) is 5.26. The van der Waals surface area contributed by atoms with E-state index in [1.165, 1.54) is 31.2 Å². The Balaban J connectivity index is 2.03. The highest BCUT2D eigenvalue weighted by Crippen LogP contribution is 2.29. The van der Waals surface area contributed by atoms with Crippen LogP contribution in [0.1, 0.15) is 58.9 Å². The van der Waals surface area contributed by atoms with Crippen molar-refractivity contribution in [3.05, 3.63) is 29.8 Å². The van der Waals surface area contributed by atoms with Crippen molar-refractivity contribution in [2.24, 2.45) is 5.92 Å².